The number of benzene rings is 1. The molecule has 0 aliphatic heterocycles. The number of aromatic nitrogens is 4. The van der Waals surface area contributed by atoms with Gasteiger partial charge in [-0.05, 0) is 17.7 Å². The average Bonchev–Trinajstić information content (AvgIpc) is 2.84. The number of nitrogens with zero attached hydrogens (tertiary/aromatic N) is 4. The summed E-state index contributed by atoms with van der Waals surface area (Å²) in [6, 6.07) is 8.18. The molecule has 6 heteroatoms. The molecule has 1 aromatic carbocycles. The van der Waals surface area contributed by atoms with Crippen LogP contribution in [0, 0.1) is 0 Å². The van der Waals surface area contributed by atoms with E-state index in [9.17, 15) is 0 Å². The fourth-order valence-electron chi connectivity index (χ4n) is 1.97. The molecular weight excluding hydrogens is 306 g/mol. The van der Waals surface area contributed by atoms with Crippen LogP contribution in [0.5, 0.6) is 0 Å². The molecule has 0 bridgehead atoms. The second-order valence-corrected chi connectivity index (χ2v) is 5.05. The van der Waals surface area contributed by atoms with E-state index in [-0.39, 0.29) is 0 Å². The van der Waals surface area contributed by atoms with Gasteiger partial charge in [0.15, 0.2) is 5.65 Å². The third-order valence-corrected chi connectivity index (χ3v) is 3.44. The summed E-state index contributed by atoms with van der Waals surface area (Å²) in [5.74, 6) is 0.798. The largest absolute Gasteiger partial charge is 0.372 e. The lowest BCUT2D eigenvalue weighted by Gasteiger charge is -2.04. The normalized spacial score (nSPS) is 10.8. The van der Waals surface area contributed by atoms with Crippen molar-refractivity contribution in [2.75, 3.05) is 12.4 Å². The smallest absolute Gasteiger partial charge is 0.163 e. The lowest BCUT2D eigenvalue weighted by atomic mass is 10.2. The topological polar surface area (TPSA) is 55.6 Å². The SMILES string of the molecule is CNc1ncnc2c1cnn2Cc1ccc(Br)cc1. The average molecular weight is 318 g/mol. The van der Waals surface area contributed by atoms with E-state index in [2.05, 4.69) is 48.4 Å². The van der Waals surface area contributed by atoms with Gasteiger partial charge in [-0.1, -0.05) is 28.1 Å². The molecule has 19 heavy (non-hydrogen) atoms. The van der Waals surface area contributed by atoms with Gasteiger partial charge >= 0.3 is 0 Å². The van der Waals surface area contributed by atoms with E-state index >= 15 is 0 Å². The highest BCUT2D eigenvalue weighted by Crippen LogP contribution is 2.19. The maximum atomic E-state index is 4.38. The van der Waals surface area contributed by atoms with Crippen LogP contribution in [0.3, 0.4) is 0 Å². The van der Waals surface area contributed by atoms with Crippen molar-refractivity contribution in [3.05, 3.63) is 46.8 Å². The minimum Gasteiger partial charge on any atom is -0.372 e. The van der Waals surface area contributed by atoms with Crippen LogP contribution in [0.4, 0.5) is 5.82 Å². The molecule has 96 valence electrons. The summed E-state index contributed by atoms with van der Waals surface area (Å²) in [5, 5.41) is 8.36. The molecule has 0 radical (unpaired) electrons. The van der Waals surface area contributed by atoms with Gasteiger partial charge in [-0.15, -0.1) is 0 Å². The van der Waals surface area contributed by atoms with Crippen LogP contribution in [0.25, 0.3) is 11.0 Å². The molecule has 0 amide bonds. The van der Waals surface area contributed by atoms with Gasteiger partial charge in [-0.2, -0.15) is 5.10 Å². The minimum atomic E-state index is 0.691. The van der Waals surface area contributed by atoms with Crippen molar-refractivity contribution in [1.82, 2.24) is 19.7 Å². The van der Waals surface area contributed by atoms with Gasteiger partial charge in [0.1, 0.15) is 12.1 Å². The molecule has 0 saturated heterocycles. The molecule has 0 fully saturated rings. The molecule has 1 N–H and O–H groups in total. The van der Waals surface area contributed by atoms with Gasteiger partial charge in [0.2, 0.25) is 0 Å². The summed E-state index contributed by atoms with van der Waals surface area (Å²) in [6.45, 7) is 0.691. The first-order valence-electron chi connectivity index (χ1n) is 5.86. The zero-order chi connectivity index (χ0) is 13.2. The minimum absolute atomic E-state index is 0.691. The molecule has 5 nitrogen and oxygen atoms in total. The van der Waals surface area contributed by atoms with E-state index in [0.717, 1.165) is 21.3 Å². The van der Waals surface area contributed by atoms with E-state index in [1.54, 1.807) is 12.5 Å². The lowest BCUT2D eigenvalue weighted by molar-refractivity contribution is 0.703. The maximum Gasteiger partial charge on any atom is 0.163 e. The van der Waals surface area contributed by atoms with Crippen molar-refractivity contribution in [2.24, 2.45) is 0 Å². The van der Waals surface area contributed by atoms with Gasteiger partial charge in [0.05, 0.1) is 18.1 Å². The molecule has 0 atom stereocenters. The Balaban J connectivity index is 1.99. The van der Waals surface area contributed by atoms with Gasteiger partial charge in [-0.3, -0.25) is 0 Å². The Morgan fingerprint density at radius 3 is 2.74 bits per heavy atom. The third kappa shape index (κ3) is 2.31. The Bertz CT molecular complexity index is 705. The molecule has 0 aliphatic carbocycles. The maximum absolute atomic E-state index is 4.38. The van der Waals surface area contributed by atoms with Crippen LogP contribution in [0.2, 0.25) is 0 Å². The van der Waals surface area contributed by atoms with E-state index < -0.39 is 0 Å². The quantitative estimate of drug-likeness (QED) is 0.807. The van der Waals surface area contributed by atoms with Crippen molar-refractivity contribution >= 4 is 32.8 Å². The van der Waals surface area contributed by atoms with Gasteiger partial charge in [0.25, 0.3) is 0 Å². The standard InChI is InChI=1S/C13H12BrN5/c1-15-12-11-6-18-19(13(11)17-8-16-12)7-9-2-4-10(14)5-3-9/h2-6,8H,7H2,1H3,(H,15,16,17). The van der Waals surface area contributed by atoms with Crippen LogP contribution in [-0.2, 0) is 6.54 Å². The van der Waals surface area contributed by atoms with Crippen LogP contribution in [-0.4, -0.2) is 26.8 Å². The summed E-state index contributed by atoms with van der Waals surface area (Å²) in [7, 11) is 1.84. The Kier molecular flexibility index (Phi) is 3.16. The van der Waals surface area contributed by atoms with Crippen molar-refractivity contribution in [3.8, 4) is 0 Å². The molecule has 0 spiro atoms. The van der Waals surface area contributed by atoms with E-state index in [1.807, 2.05) is 23.9 Å². The Labute approximate surface area is 118 Å². The van der Waals surface area contributed by atoms with Gasteiger partial charge in [0, 0.05) is 11.5 Å². The van der Waals surface area contributed by atoms with Crippen molar-refractivity contribution in [1.29, 1.82) is 0 Å². The molecule has 0 aliphatic rings. The van der Waals surface area contributed by atoms with E-state index in [0.29, 0.717) is 6.54 Å². The van der Waals surface area contributed by atoms with Crippen molar-refractivity contribution < 1.29 is 0 Å². The second kappa shape index (κ2) is 4.97. The van der Waals surface area contributed by atoms with Crippen LogP contribution in [0.1, 0.15) is 5.56 Å². The highest BCUT2D eigenvalue weighted by atomic mass is 79.9. The molecule has 2 aromatic heterocycles. The molecule has 0 unspecified atom stereocenters. The number of nitrogens with one attached hydrogen (secondary N) is 1. The second-order valence-electron chi connectivity index (χ2n) is 4.14. The highest BCUT2D eigenvalue weighted by Gasteiger charge is 2.08. The number of fused-ring (bicyclic) bond motifs is 1. The summed E-state index contributed by atoms with van der Waals surface area (Å²) < 4.78 is 2.95. The number of hydrogen-bond acceptors (Lipinski definition) is 4. The molecule has 3 rings (SSSR count). The first-order valence-corrected chi connectivity index (χ1v) is 6.66. The molecule has 2 heterocycles. The predicted molar refractivity (Wildman–Crippen MR) is 78.1 cm³/mol. The van der Waals surface area contributed by atoms with Gasteiger partial charge < -0.3 is 5.32 Å². The van der Waals surface area contributed by atoms with E-state index in [4.69, 9.17) is 0 Å². The summed E-state index contributed by atoms with van der Waals surface area (Å²) >= 11 is 3.43. The Hall–Kier alpha value is -1.95. The number of halogens is 1. The van der Waals surface area contributed by atoms with Crippen molar-refractivity contribution in [2.45, 2.75) is 6.54 Å². The first-order chi connectivity index (χ1) is 9.28. The highest BCUT2D eigenvalue weighted by molar-refractivity contribution is 9.10. The number of rotatable bonds is 3. The lowest BCUT2D eigenvalue weighted by Crippen LogP contribution is -2.03. The third-order valence-electron chi connectivity index (χ3n) is 2.92. The fraction of sp³-hybridized carbons (Fsp3) is 0.154. The monoisotopic (exact) mass is 317 g/mol. The van der Waals surface area contributed by atoms with Crippen LogP contribution < -0.4 is 5.32 Å². The molecular formula is C13H12BrN5. The Morgan fingerprint density at radius 1 is 1.21 bits per heavy atom. The van der Waals surface area contributed by atoms with Crippen molar-refractivity contribution in [3.63, 3.8) is 0 Å². The zero-order valence-electron chi connectivity index (χ0n) is 10.3. The summed E-state index contributed by atoms with van der Waals surface area (Å²) in [4.78, 5) is 8.48. The van der Waals surface area contributed by atoms with Crippen LogP contribution in [0.15, 0.2) is 41.3 Å². The molecule has 0 saturated carbocycles. The molecule has 3 aromatic rings. The Morgan fingerprint density at radius 2 is 2.00 bits per heavy atom. The number of anilines is 1. The van der Waals surface area contributed by atoms with Crippen LogP contribution >= 0.6 is 15.9 Å². The first kappa shape index (κ1) is 12.1. The fourth-order valence-corrected chi connectivity index (χ4v) is 2.23. The van der Waals surface area contributed by atoms with Gasteiger partial charge in [-0.25, -0.2) is 14.6 Å². The predicted octanol–water partition coefficient (Wildman–Crippen LogP) is 2.68. The zero-order valence-corrected chi connectivity index (χ0v) is 11.9. The van der Waals surface area contributed by atoms with E-state index in [1.165, 1.54) is 5.56 Å². The summed E-state index contributed by atoms with van der Waals surface area (Å²) in [6.07, 6.45) is 3.34. The number of hydrogen-bond donors (Lipinski definition) is 1. The summed E-state index contributed by atoms with van der Waals surface area (Å²) in [5.41, 5.74) is 2.01.